The first-order valence-electron chi connectivity index (χ1n) is 16.6. The van der Waals surface area contributed by atoms with Crippen molar-refractivity contribution in [2.45, 2.75) is 31.7 Å². The fourth-order valence-electron chi connectivity index (χ4n) is 6.37. The summed E-state index contributed by atoms with van der Waals surface area (Å²) >= 11 is 0. The molecule has 272 valence electrons. The highest BCUT2D eigenvalue weighted by molar-refractivity contribution is 6.01. The van der Waals surface area contributed by atoms with E-state index in [1.807, 2.05) is 0 Å². The van der Waals surface area contributed by atoms with Crippen LogP contribution in [0.3, 0.4) is 0 Å². The molecule has 0 unspecified atom stereocenters. The number of likely N-dealkylation sites (tertiary alicyclic amines) is 1. The van der Waals surface area contributed by atoms with E-state index in [9.17, 15) is 32.3 Å². The standard InChI is InChI=1S/C37H32F3N7O6/c1-45-18-34(48)44-31-17-46(37(51)29-6-5-24(38)15-30(29)40)8-7-32(31)52-19-21-9-25(39)14-27(10-21)53-28-12-22(11-23(13-28)36(45)50)35(49)41-16-26-3-2-4-33-42-20-43-47(26)33/h2-6,9-15,20,31-32H,7-8,16-19H2,1H3,(H,41,49)(H,44,48)/t31-,32+/m1/s1. The summed E-state index contributed by atoms with van der Waals surface area (Å²) in [7, 11) is 1.40. The summed E-state index contributed by atoms with van der Waals surface area (Å²) in [5.74, 6) is -4.81. The molecule has 0 aliphatic carbocycles. The molecular formula is C37H32F3N7O6. The lowest BCUT2D eigenvalue weighted by molar-refractivity contribution is -0.124. The zero-order chi connectivity index (χ0) is 37.2. The van der Waals surface area contributed by atoms with Crippen molar-refractivity contribution < 1.29 is 41.8 Å². The molecule has 2 aliphatic heterocycles. The minimum Gasteiger partial charge on any atom is -0.457 e. The van der Waals surface area contributed by atoms with Crippen LogP contribution < -0.4 is 15.4 Å². The Labute approximate surface area is 300 Å². The van der Waals surface area contributed by atoms with Gasteiger partial charge in [-0.3, -0.25) is 19.2 Å². The zero-order valence-electron chi connectivity index (χ0n) is 28.2. The van der Waals surface area contributed by atoms with Crippen molar-refractivity contribution in [3.63, 3.8) is 0 Å². The van der Waals surface area contributed by atoms with Gasteiger partial charge in [0.05, 0.1) is 43.1 Å². The highest BCUT2D eigenvalue weighted by atomic mass is 19.1. The summed E-state index contributed by atoms with van der Waals surface area (Å²) in [6.45, 7) is -0.403. The van der Waals surface area contributed by atoms with Crippen molar-refractivity contribution in [3.8, 4) is 11.5 Å². The number of amides is 4. The number of carbonyl (C=O) groups is 4. The molecule has 0 saturated carbocycles. The van der Waals surface area contributed by atoms with E-state index in [0.29, 0.717) is 23.0 Å². The molecule has 16 heteroatoms. The van der Waals surface area contributed by atoms with Gasteiger partial charge in [-0.15, -0.1) is 0 Å². The summed E-state index contributed by atoms with van der Waals surface area (Å²) in [6, 6.07) is 15.2. The van der Waals surface area contributed by atoms with Gasteiger partial charge in [-0.2, -0.15) is 5.10 Å². The third-order valence-electron chi connectivity index (χ3n) is 8.93. The van der Waals surface area contributed by atoms with Gasteiger partial charge >= 0.3 is 0 Å². The van der Waals surface area contributed by atoms with Gasteiger partial charge in [0.2, 0.25) is 5.91 Å². The summed E-state index contributed by atoms with van der Waals surface area (Å²) in [4.78, 5) is 60.4. The number of fused-ring (bicyclic) bond motifs is 6. The maximum absolute atomic E-state index is 14.9. The molecule has 2 N–H and O–H groups in total. The van der Waals surface area contributed by atoms with E-state index >= 15 is 0 Å². The minimum atomic E-state index is -1.02. The van der Waals surface area contributed by atoms with Gasteiger partial charge < -0.3 is 29.9 Å². The number of ether oxygens (including phenoxy) is 2. The highest BCUT2D eigenvalue weighted by Gasteiger charge is 2.35. The average Bonchev–Trinajstić information content (AvgIpc) is 3.62. The third kappa shape index (κ3) is 7.82. The molecule has 4 heterocycles. The first-order chi connectivity index (χ1) is 25.5. The van der Waals surface area contributed by atoms with Crippen molar-refractivity contribution in [2.75, 3.05) is 26.7 Å². The first-order valence-corrected chi connectivity index (χ1v) is 16.6. The van der Waals surface area contributed by atoms with Crippen molar-refractivity contribution in [1.82, 2.24) is 35.0 Å². The van der Waals surface area contributed by atoms with Crippen LogP contribution >= 0.6 is 0 Å². The van der Waals surface area contributed by atoms with E-state index in [-0.39, 0.29) is 60.9 Å². The number of hydrogen-bond donors (Lipinski definition) is 2. The lowest BCUT2D eigenvalue weighted by Crippen LogP contribution is -2.58. The number of nitrogens with one attached hydrogen (secondary N) is 2. The lowest BCUT2D eigenvalue weighted by atomic mass is 10.00. The van der Waals surface area contributed by atoms with Crippen LogP contribution in [0.5, 0.6) is 11.5 Å². The number of likely N-dealkylation sites (N-methyl/N-ethyl adjacent to an activating group) is 1. The second-order valence-electron chi connectivity index (χ2n) is 12.7. The Bertz CT molecular complexity index is 2250. The fourth-order valence-corrected chi connectivity index (χ4v) is 6.37. The molecule has 2 atom stereocenters. The Morgan fingerprint density at radius 3 is 2.64 bits per heavy atom. The van der Waals surface area contributed by atoms with E-state index in [1.165, 1.54) is 48.6 Å². The van der Waals surface area contributed by atoms with Crippen LogP contribution in [0.4, 0.5) is 13.2 Å². The fraction of sp³-hybridized carbons (Fsp3) is 0.243. The van der Waals surface area contributed by atoms with E-state index in [0.717, 1.165) is 23.1 Å². The van der Waals surface area contributed by atoms with Gasteiger partial charge in [0.25, 0.3) is 17.7 Å². The number of piperidine rings is 1. The van der Waals surface area contributed by atoms with E-state index < -0.39 is 59.8 Å². The molecule has 5 aromatic rings. The predicted molar refractivity (Wildman–Crippen MR) is 181 cm³/mol. The van der Waals surface area contributed by atoms with Gasteiger partial charge in [-0.05, 0) is 66.6 Å². The molecule has 1 fully saturated rings. The average molecular weight is 728 g/mol. The highest BCUT2D eigenvalue weighted by Crippen LogP contribution is 2.28. The van der Waals surface area contributed by atoms with Crippen molar-refractivity contribution >= 4 is 29.3 Å². The predicted octanol–water partition coefficient (Wildman–Crippen LogP) is 3.87. The second-order valence-corrected chi connectivity index (χ2v) is 12.7. The van der Waals surface area contributed by atoms with Crippen LogP contribution in [0, 0.1) is 17.5 Å². The topological polar surface area (TPSA) is 147 Å². The van der Waals surface area contributed by atoms with Crippen LogP contribution in [0.25, 0.3) is 5.65 Å². The van der Waals surface area contributed by atoms with Crippen LogP contribution in [0.1, 0.15) is 48.8 Å². The molecular weight excluding hydrogens is 695 g/mol. The molecule has 1 saturated heterocycles. The summed E-state index contributed by atoms with van der Waals surface area (Å²) < 4.78 is 56.7. The summed E-state index contributed by atoms with van der Waals surface area (Å²) in [6.07, 6.45) is 0.952. The van der Waals surface area contributed by atoms with Crippen molar-refractivity contribution in [2.24, 2.45) is 0 Å². The van der Waals surface area contributed by atoms with Crippen LogP contribution in [0.2, 0.25) is 0 Å². The van der Waals surface area contributed by atoms with E-state index in [1.54, 1.807) is 22.7 Å². The van der Waals surface area contributed by atoms with Gasteiger partial charge in [0.1, 0.15) is 35.3 Å². The number of pyridine rings is 1. The molecule has 4 bridgehead atoms. The first kappa shape index (κ1) is 35.1. The van der Waals surface area contributed by atoms with Gasteiger partial charge in [-0.25, -0.2) is 22.7 Å². The molecule has 4 amide bonds. The lowest BCUT2D eigenvalue weighted by Gasteiger charge is -2.39. The molecule has 0 spiro atoms. The summed E-state index contributed by atoms with van der Waals surface area (Å²) in [5, 5.41) is 9.81. The Balaban J connectivity index is 1.16. The van der Waals surface area contributed by atoms with Crippen molar-refractivity contribution in [3.05, 3.63) is 125 Å². The van der Waals surface area contributed by atoms with Gasteiger partial charge in [0.15, 0.2) is 5.65 Å². The molecule has 2 aromatic heterocycles. The number of carbonyl (C=O) groups excluding carboxylic acids is 4. The number of benzene rings is 3. The Hall–Kier alpha value is -6.29. The maximum atomic E-state index is 14.9. The molecule has 7 rings (SSSR count). The van der Waals surface area contributed by atoms with Crippen LogP contribution in [0.15, 0.2) is 79.1 Å². The maximum Gasteiger partial charge on any atom is 0.256 e. The monoisotopic (exact) mass is 727 g/mol. The molecule has 0 radical (unpaired) electrons. The van der Waals surface area contributed by atoms with Gasteiger partial charge in [0, 0.05) is 43.4 Å². The molecule has 53 heavy (non-hydrogen) atoms. The van der Waals surface area contributed by atoms with E-state index in [2.05, 4.69) is 20.7 Å². The van der Waals surface area contributed by atoms with Crippen LogP contribution in [-0.2, 0) is 22.7 Å². The molecule has 3 aromatic carbocycles. The van der Waals surface area contributed by atoms with Crippen LogP contribution in [-0.4, -0.2) is 86.9 Å². The van der Waals surface area contributed by atoms with E-state index in [4.69, 9.17) is 9.47 Å². The Morgan fingerprint density at radius 2 is 1.81 bits per heavy atom. The molecule has 13 nitrogen and oxygen atoms in total. The Morgan fingerprint density at radius 1 is 0.981 bits per heavy atom. The SMILES string of the molecule is CN1CC(=O)N[C@@H]2CN(C(=O)c3ccc(F)cc3F)CC[C@@H]2OCc2cc(F)cc(c2)Oc2cc(C(=O)NCc3cccc4ncnn34)cc(c2)C1=O. The second kappa shape index (κ2) is 14.7. The minimum absolute atomic E-state index is 0.0158. The van der Waals surface area contributed by atoms with Gasteiger partial charge in [-0.1, -0.05) is 6.07 Å². The number of halogens is 3. The Kier molecular flexibility index (Phi) is 9.78. The summed E-state index contributed by atoms with van der Waals surface area (Å²) in [5.41, 5.74) is 1.37. The number of hydrogen-bond acceptors (Lipinski definition) is 8. The van der Waals surface area contributed by atoms with Crippen molar-refractivity contribution in [1.29, 1.82) is 0 Å². The largest absolute Gasteiger partial charge is 0.457 e. The third-order valence-corrected chi connectivity index (χ3v) is 8.93. The molecule has 2 aliphatic rings. The smallest absolute Gasteiger partial charge is 0.256 e. The number of rotatable bonds is 4. The quantitative estimate of drug-likeness (QED) is 0.284. The number of nitrogens with zero attached hydrogens (tertiary/aromatic N) is 5. The number of aromatic nitrogens is 3. The normalized spacial score (nSPS) is 17.9. The zero-order valence-corrected chi connectivity index (χ0v) is 28.2.